The van der Waals surface area contributed by atoms with E-state index in [0.717, 1.165) is 19.6 Å². The summed E-state index contributed by atoms with van der Waals surface area (Å²) in [6.07, 6.45) is 6.70. The van der Waals surface area contributed by atoms with E-state index in [0.29, 0.717) is 18.9 Å². The molecule has 0 radical (unpaired) electrons. The van der Waals surface area contributed by atoms with Crippen molar-refractivity contribution in [1.82, 2.24) is 5.32 Å². The van der Waals surface area contributed by atoms with Crippen molar-refractivity contribution in [2.75, 3.05) is 19.8 Å². The number of rotatable bonds is 9. The Labute approximate surface area is 104 Å². The molecule has 2 N–H and O–H groups in total. The van der Waals surface area contributed by atoms with Crippen LogP contribution in [0.2, 0.25) is 0 Å². The van der Waals surface area contributed by atoms with Crippen LogP contribution in [0.3, 0.4) is 0 Å². The predicted molar refractivity (Wildman–Crippen MR) is 67.1 cm³/mol. The lowest BCUT2D eigenvalue weighted by Gasteiger charge is -2.15. The van der Waals surface area contributed by atoms with Gasteiger partial charge in [-0.25, -0.2) is 0 Å². The van der Waals surface area contributed by atoms with Gasteiger partial charge in [0.15, 0.2) is 0 Å². The van der Waals surface area contributed by atoms with Gasteiger partial charge in [0.05, 0.1) is 0 Å². The molecule has 1 unspecified atom stereocenters. The van der Waals surface area contributed by atoms with Gasteiger partial charge in [0, 0.05) is 13.2 Å². The molecule has 4 nitrogen and oxygen atoms in total. The molecule has 0 aromatic rings. The minimum Gasteiger partial charge on any atom is -0.480 e. The molecule has 0 amide bonds. The minimum atomic E-state index is -0.775. The number of hydrogen-bond donors (Lipinski definition) is 2. The van der Waals surface area contributed by atoms with Crippen LogP contribution in [0, 0.1) is 5.92 Å². The van der Waals surface area contributed by atoms with E-state index in [2.05, 4.69) is 5.32 Å². The Kier molecular flexibility index (Phi) is 7.21. The molecule has 0 bridgehead atoms. The lowest BCUT2D eigenvalue weighted by atomic mass is 10.1. The molecular weight excluding hydrogens is 218 g/mol. The molecule has 0 spiro atoms. The fourth-order valence-corrected chi connectivity index (χ4v) is 2.26. The van der Waals surface area contributed by atoms with Crippen molar-refractivity contribution in [1.29, 1.82) is 0 Å². The van der Waals surface area contributed by atoms with E-state index >= 15 is 0 Å². The maximum absolute atomic E-state index is 10.9. The second-order valence-corrected chi connectivity index (χ2v) is 4.86. The predicted octanol–water partition coefficient (Wildman–Crippen LogP) is 2.04. The highest BCUT2D eigenvalue weighted by Crippen LogP contribution is 2.24. The Bertz CT molecular complexity index is 215. The Morgan fingerprint density at radius 3 is 2.76 bits per heavy atom. The molecule has 1 rings (SSSR count). The minimum absolute atomic E-state index is 0.460. The quantitative estimate of drug-likeness (QED) is 0.608. The first kappa shape index (κ1) is 14.5. The second kappa shape index (κ2) is 8.48. The topological polar surface area (TPSA) is 58.6 Å². The van der Waals surface area contributed by atoms with E-state index < -0.39 is 12.0 Å². The number of carboxylic acids is 1. The van der Waals surface area contributed by atoms with Crippen molar-refractivity contribution < 1.29 is 14.6 Å². The van der Waals surface area contributed by atoms with Gasteiger partial charge in [-0.2, -0.15) is 0 Å². The van der Waals surface area contributed by atoms with Crippen molar-refractivity contribution in [3.63, 3.8) is 0 Å². The first-order valence-corrected chi connectivity index (χ1v) is 6.78. The van der Waals surface area contributed by atoms with Crippen LogP contribution in [0.25, 0.3) is 0 Å². The summed E-state index contributed by atoms with van der Waals surface area (Å²) < 4.78 is 5.57. The lowest BCUT2D eigenvalue weighted by molar-refractivity contribution is -0.140. The Balaban J connectivity index is 2.06. The maximum Gasteiger partial charge on any atom is 0.320 e. The number of carbonyl (C=O) groups is 1. The number of nitrogens with one attached hydrogen (secondary N) is 1. The summed E-state index contributed by atoms with van der Waals surface area (Å²) in [4.78, 5) is 10.9. The zero-order chi connectivity index (χ0) is 12.5. The first-order chi connectivity index (χ1) is 8.24. The summed E-state index contributed by atoms with van der Waals surface area (Å²) >= 11 is 0. The molecule has 1 fully saturated rings. The van der Waals surface area contributed by atoms with Gasteiger partial charge in [0.2, 0.25) is 0 Å². The molecule has 1 aliphatic carbocycles. The van der Waals surface area contributed by atoms with Crippen LogP contribution < -0.4 is 5.32 Å². The van der Waals surface area contributed by atoms with E-state index in [9.17, 15) is 4.79 Å². The number of aliphatic carboxylic acids is 1. The van der Waals surface area contributed by atoms with E-state index in [1.54, 1.807) is 0 Å². The second-order valence-electron chi connectivity index (χ2n) is 4.86. The van der Waals surface area contributed by atoms with Gasteiger partial charge < -0.3 is 15.2 Å². The Hall–Kier alpha value is -0.610. The van der Waals surface area contributed by atoms with Crippen molar-refractivity contribution in [3.05, 3.63) is 0 Å². The first-order valence-electron chi connectivity index (χ1n) is 6.78. The Morgan fingerprint density at radius 1 is 1.47 bits per heavy atom. The highest BCUT2D eigenvalue weighted by molar-refractivity contribution is 5.73. The third-order valence-electron chi connectivity index (χ3n) is 3.32. The van der Waals surface area contributed by atoms with Crippen LogP contribution >= 0.6 is 0 Å². The summed E-state index contributed by atoms with van der Waals surface area (Å²) in [5, 5.41) is 12.0. The zero-order valence-electron chi connectivity index (χ0n) is 10.8. The molecule has 100 valence electrons. The smallest absolute Gasteiger partial charge is 0.320 e. The van der Waals surface area contributed by atoms with Crippen LogP contribution in [0.4, 0.5) is 0 Å². The molecule has 17 heavy (non-hydrogen) atoms. The number of hydrogen-bond acceptors (Lipinski definition) is 3. The highest BCUT2D eigenvalue weighted by atomic mass is 16.5. The largest absolute Gasteiger partial charge is 0.480 e. The van der Waals surface area contributed by atoms with Gasteiger partial charge >= 0.3 is 5.97 Å². The fourth-order valence-electron chi connectivity index (χ4n) is 2.26. The summed E-state index contributed by atoms with van der Waals surface area (Å²) in [5.74, 6) is -0.0650. The molecular formula is C13H25NO3. The molecule has 0 aliphatic heterocycles. The van der Waals surface area contributed by atoms with Gasteiger partial charge in [0.1, 0.15) is 6.04 Å². The summed E-state index contributed by atoms with van der Waals surface area (Å²) in [6.45, 7) is 4.13. The standard InChI is InChI=1S/C13H25NO3/c1-2-8-14-12(13(15)16)7-9-17-10-11-5-3-4-6-11/h11-12,14H,2-10H2,1H3,(H,15,16). The van der Waals surface area contributed by atoms with Gasteiger partial charge in [-0.3, -0.25) is 4.79 Å². The van der Waals surface area contributed by atoms with E-state index in [1.165, 1.54) is 25.7 Å². The monoisotopic (exact) mass is 243 g/mol. The van der Waals surface area contributed by atoms with Crippen LogP contribution in [-0.2, 0) is 9.53 Å². The van der Waals surface area contributed by atoms with E-state index in [-0.39, 0.29) is 0 Å². The van der Waals surface area contributed by atoms with Gasteiger partial charge in [-0.05, 0) is 38.1 Å². The van der Waals surface area contributed by atoms with E-state index in [4.69, 9.17) is 9.84 Å². The third-order valence-corrected chi connectivity index (χ3v) is 3.32. The van der Waals surface area contributed by atoms with E-state index in [1.807, 2.05) is 6.92 Å². The number of carboxylic acid groups (broad SMARTS) is 1. The van der Waals surface area contributed by atoms with Crippen molar-refractivity contribution >= 4 is 5.97 Å². The van der Waals surface area contributed by atoms with Crippen LogP contribution in [0.5, 0.6) is 0 Å². The molecule has 4 heteroatoms. The molecule has 1 saturated carbocycles. The highest BCUT2D eigenvalue weighted by Gasteiger charge is 2.17. The fraction of sp³-hybridized carbons (Fsp3) is 0.923. The zero-order valence-corrected chi connectivity index (χ0v) is 10.8. The molecule has 0 aromatic heterocycles. The van der Waals surface area contributed by atoms with Gasteiger partial charge in [0.25, 0.3) is 0 Å². The van der Waals surface area contributed by atoms with Gasteiger partial charge in [-0.15, -0.1) is 0 Å². The average molecular weight is 243 g/mol. The summed E-state index contributed by atoms with van der Waals surface area (Å²) in [5.41, 5.74) is 0. The maximum atomic E-state index is 10.9. The molecule has 0 aromatic carbocycles. The van der Waals surface area contributed by atoms with Crippen LogP contribution in [0.15, 0.2) is 0 Å². The van der Waals surface area contributed by atoms with Gasteiger partial charge in [-0.1, -0.05) is 19.8 Å². The summed E-state index contributed by atoms with van der Waals surface area (Å²) in [6, 6.07) is -0.460. The van der Waals surface area contributed by atoms with Crippen molar-refractivity contribution in [3.8, 4) is 0 Å². The van der Waals surface area contributed by atoms with Crippen molar-refractivity contribution in [2.45, 2.75) is 51.5 Å². The molecule has 0 heterocycles. The normalized spacial score (nSPS) is 18.4. The molecule has 0 saturated heterocycles. The third kappa shape index (κ3) is 6.03. The van der Waals surface area contributed by atoms with Crippen molar-refractivity contribution in [2.24, 2.45) is 5.92 Å². The Morgan fingerprint density at radius 2 is 2.18 bits per heavy atom. The summed E-state index contributed by atoms with van der Waals surface area (Å²) in [7, 11) is 0. The lowest BCUT2D eigenvalue weighted by Crippen LogP contribution is -2.38. The van der Waals surface area contributed by atoms with Crippen LogP contribution in [-0.4, -0.2) is 36.9 Å². The average Bonchev–Trinajstić information content (AvgIpc) is 2.80. The number of ether oxygens (including phenoxy) is 1. The van der Waals surface area contributed by atoms with Crippen LogP contribution in [0.1, 0.15) is 45.4 Å². The molecule has 1 aliphatic rings. The molecule has 1 atom stereocenters. The SMILES string of the molecule is CCCNC(CCOCC1CCCC1)C(=O)O.